The number of hydrogen-bond donors (Lipinski definition) is 0. The smallest absolute Gasteiger partial charge is 0.152 e. The van der Waals surface area contributed by atoms with Crippen LogP contribution in [0.3, 0.4) is 0 Å². The molecule has 0 N–H and O–H groups in total. The van der Waals surface area contributed by atoms with E-state index in [0.717, 1.165) is 5.56 Å². The monoisotopic (exact) mass is 159 g/mol. The van der Waals surface area contributed by atoms with E-state index in [2.05, 4.69) is 4.98 Å². The average molecular weight is 159 g/mol. The Bertz CT molecular complexity index is 313. The number of allylic oxidation sites excluding steroid dienone is 1. The van der Waals surface area contributed by atoms with E-state index in [1.165, 1.54) is 0 Å². The van der Waals surface area contributed by atoms with E-state index in [1.807, 2.05) is 11.9 Å². The molecular formula is C9H7N2O-. The van der Waals surface area contributed by atoms with Crippen molar-refractivity contribution in [3.8, 4) is 0 Å². The van der Waals surface area contributed by atoms with E-state index in [1.54, 1.807) is 18.5 Å². The first kappa shape index (κ1) is 8.37. The number of aromatic nitrogens is 1. The molecule has 0 aliphatic heterocycles. The van der Waals surface area contributed by atoms with Crippen LogP contribution in [0.15, 0.2) is 30.1 Å². The fourth-order valence-corrected chi connectivity index (χ4v) is 0.830. The van der Waals surface area contributed by atoms with Crippen molar-refractivity contribution in [1.29, 1.82) is 0 Å². The van der Waals surface area contributed by atoms with E-state index in [4.69, 9.17) is 5.41 Å². The van der Waals surface area contributed by atoms with E-state index in [0.29, 0.717) is 12.7 Å². The molecule has 0 spiro atoms. The molecule has 60 valence electrons. The standard InChI is InChI=1S/C9H7N2O/c10-5-9(7-12)4-8-2-1-3-11-6-8/h1-3,6-7H,4H2/q-1. The molecule has 0 saturated heterocycles. The number of aldehydes is 1. The summed E-state index contributed by atoms with van der Waals surface area (Å²) in [5, 5.41) is 8.45. The Morgan fingerprint density at radius 3 is 3.08 bits per heavy atom. The third kappa shape index (κ3) is 2.15. The Hall–Kier alpha value is -1.73. The summed E-state index contributed by atoms with van der Waals surface area (Å²) in [7, 11) is 0. The van der Waals surface area contributed by atoms with Gasteiger partial charge < -0.3 is 5.41 Å². The van der Waals surface area contributed by atoms with E-state index in [-0.39, 0.29) is 5.57 Å². The Balaban J connectivity index is 2.77. The lowest BCUT2D eigenvalue weighted by Gasteiger charge is -1.97. The maximum atomic E-state index is 10.3. The zero-order valence-corrected chi connectivity index (χ0v) is 6.40. The van der Waals surface area contributed by atoms with Gasteiger partial charge >= 0.3 is 0 Å². The molecule has 0 bridgehead atoms. The van der Waals surface area contributed by atoms with E-state index >= 15 is 0 Å². The molecule has 0 atom stereocenters. The van der Waals surface area contributed by atoms with Gasteiger partial charge in [-0.3, -0.25) is 15.6 Å². The van der Waals surface area contributed by atoms with Crippen LogP contribution >= 0.6 is 0 Å². The van der Waals surface area contributed by atoms with Gasteiger partial charge in [0.05, 0.1) is 0 Å². The summed E-state index contributed by atoms with van der Waals surface area (Å²) >= 11 is 0. The van der Waals surface area contributed by atoms with Crippen molar-refractivity contribution in [2.75, 3.05) is 0 Å². The molecule has 1 aromatic heterocycles. The first-order valence-corrected chi connectivity index (χ1v) is 3.47. The highest BCUT2D eigenvalue weighted by atomic mass is 16.1. The van der Waals surface area contributed by atoms with Crippen molar-refractivity contribution in [3.05, 3.63) is 41.1 Å². The molecule has 3 heteroatoms. The summed E-state index contributed by atoms with van der Waals surface area (Å²) in [4.78, 5) is 14.1. The van der Waals surface area contributed by atoms with Crippen molar-refractivity contribution < 1.29 is 4.79 Å². The van der Waals surface area contributed by atoms with Crippen molar-refractivity contribution in [2.45, 2.75) is 6.42 Å². The van der Waals surface area contributed by atoms with Crippen molar-refractivity contribution in [2.24, 2.45) is 0 Å². The molecule has 1 rings (SSSR count). The first-order valence-electron chi connectivity index (χ1n) is 3.47. The van der Waals surface area contributed by atoms with Crippen LogP contribution in [0.4, 0.5) is 0 Å². The molecule has 1 aromatic rings. The lowest BCUT2D eigenvalue weighted by molar-refractivity contribution is -0.104. The Labute approximate surface area is 70.3 Å². The Morgan fingerprint density at radius 2 is 2.58 bits per heavy atom. The lowest BCUT2D eigenvalue weighted by atomic mass is 10.1. The van der Waals surface area contributed by atoms with Gasteiger partial charge in [-0.2, -0.15) is 0 Å². The fourth-order valence-electron chi connectivity index (χ4n) is 0.830. The fraction of sp³-hybridized carbons (Fsp3) is 0.111. The van der Waals surface area contributed by atoms with Gasteiger partial charge in [-0.05, 0) is 11.6 Å². The summed E-state index contributed by atoms with van der Waals surface area (Å²) in [5.41, 5.74) is 1.10. The summed E-state index contributed by atoms with van der Waals surface area (Å²) < 4.78 is 0. The molecule has 0 amide bonds. The van der Waals surface area contributed by atoms with Crippen LogP contribution in [0.25, 0.3) is 5.41 Å². The van der Waals surface area contributed by atoms with Gasteiger partial charge in [0.25, 0.3) is 0 Å². The normalized spacial score (nSPS) is 8.67. The van der Waals surface area contributed by atoms with E-state index < -0.39 is 0 Å². The molecular weight excluding hydrogens is 152 g/mol. The highest BCUT2D eigenvalue weighted by Gasteiger charge is 1.94. The van der Waals surface area contributed by atoms with Gasteiger partial charge in [0.1, 0.15) is 0 Å². The maximum Gasteiger partial charge on any atom is 0.152 e. The molecule has 12 heavy (non-hydrogen) atoms. The zero-order valence-electron chi connectivity index (χ0n) is 6.40. The minimum atomic E-state index is 0.225. The van der Waals surface area contributed by atoms with Crippen molar-refractivity contribution in [1.82, 2.24) is 4.98 Å². The van der Waals surface area contributed by atoms with Crippen LogP contribution in [-0.2, 0) is 11.2 Å². The Kier molecular flexibility index (Phi) is 2.94. The highest BCUT2D eigenvalue weighted by Crippen LogP contribution is 2.01. The molecule has 0 fully saturated rings. The van der Waals surface area contributed by atoms with Crippen LogP contribution in [0, 0.1) is 0 Å². The van der Waals surface area contributed by atoms with Gasteiger partial charge in [-0.1, -0.05) is 6.07 Å². The van der Waals surface area contributed by atoms with Gasteiger partial charge in [-0.15, -0.1) is 0 Å². The minimum absolute atomic E-state index is 0.225. The number of nitrogens with zero attached hydrogens (tertiary/aromatic N) is 2. The molecule has 3 nitrogen and oxygen atoms in total. The van der Waals surface area contributed by atoms with Gasteiger partial charge in [0.15, 0.2) is 6.29 Å². The summed E-state index contributed by atoms with van der Waals surface area (Å²) in [5.74, 6) is 1.82. The third-order valence-corrected chi connectivity index (χ3v) is 1.40. The molecule has 0 aliphatic carbocycles. The number of carbonyl (C=O) groups is 1. The topological polar surface area (TPSA) is 52.3 Å². The van der Waals surface area contributed by atoms with Crippen LogP contribution in [-0.4, -0.2) is 17.1 Å². The number of hydrogen-bond acceptors (Lipinski definition) is 2. The van der Waals surface area contributed by atoms with Crippen LogP contribution in [0.1, 0.15) is 5.56 Å². The van der Waals surface area contributed by atoms with E-state index in [9.17, 15) is 4.79 Å². The molecule has 0 aliphatic rings. The number of rotatable bonds is 3. The Morgan fingerprint density at radius 1 is 1.75 bits per heavy atom. The van der Waals surface area contributed by atoms with Gasteiger partial charge in [-0.25, -0.2) is 0 Å². The maximum absolute atomic E-state index is 10.3. The lowest BCUT2D eigenvalue weighted by Crippen LogP contribution is -1.92. The van der Waals surface area contributed by atoms with Crippen LogP contribution in [0.5, 0.6) is 0 Å². The van der Waals surface area contributed by atoms with Crippen molar-refractivity contribution >= 4 is 12.2 Å². The SMILES string of the molecule is [N-]=C=C(C=O)Cc1cccnc1. The zero-order chi connectivity index (χ0) is 8.81. The van der Waals surface area contributed by atoms with Gasteiger partial charge in [0.2, 0.25) is 0 Å². The molecule has 0 aromatic carbocycles. The summed E-state index contributed by atoms with van der Waals surface area (Å²) in [6.45, 7) is 0. The summed E-state index contributed by atoms with van der Waals surface area (Å²) in [6, 6.07) is 3.60. The third-order valence-electron chi connectivity index (χ3n) is 1.40. The first-order chi connectivity index (χ1) is 5.86. The second-order valence-corrected chi connectivity index (χ2v) is 2.29. The second-order valence-electron chi connectivity index (χ2n) is 2.29. The predicted octanol–water partition coefficient (Wildman–Crippen LogP) is 0.988. The van der Waals surface area contributed by atoms with Crippen molar-refractivity contribution in [3.63, 3.8) is 0 Å². The molecule has 0 unspecified atom stereocenters. The molecule has 0 saturated carbocycles. The number of carbonyl (C=O) groups excluding carboxylic acids is 1. The minimum Gasteiger partial charge on any atom is -0.763 e. The van der Waals surface area contributed by atoms with Crippen LogP contribution < -0.4 is 0 Å². The quantitative estimate of drug-likeness (QED) is 0.375. The number of pyridine rings is 1. The molecule has 1 heterocycles. The second kappa shape index (κ2) is 4.21. The van der Waals surface area contributed by atoms with Gasteiger partial charge in [0, 0.05) is 24.4 Å². The largest absolute Gasteiger partial charge is 0.763 e. The summed E-state index contributed by atoms with van der Waals surface area (Å²) in [6.07, 6.45) is 4.23. The predicted molar refractivity (Wildman–Crippen MR) is 45.9 cm³/mol. The molecule has 0 radical (unpaired) electrons. The van der Waals surface area contributed by atoms with Crippen LogP contribution in [0.2, 0.25) is 0 Å². The highest BCUT2D eigenvalue weighted by molar-refractivity contribution is 5.88. The average Bonchev–Trinajstić information content (AvgIpc) is 2.16.